The van der Waals surface area contributed by atoms with Crippen LogP contribution in [0.2, 0.25) is 0 Å². The van der Waals surface area contributed by atoms with Gasteiger partial charge in [-0.1, -0.05) is 0 Å². The quantitative estimate of drug-likeness (QED) is 0.216. The smallest absolute Gasteiger partial charge is 0.368 e. The van der Waals surface area contributed by atoms with Crippen LogP contribution in [0.4, 0.5) is 0 Å². The van der Waals surface area contributed by atoms with E-state index < -0.39 is 9.05 Å². The van der Waals surface area contributed by atoms with Crippen molar-refractivity contribution in [1.82, 2.24) is 0 Å². The third kappa shape index (κ3) is 299. The molecule has 0 radical (unpaired) electrons. The Morgan fingerprint density at radius 1 is 0.857 bits per heavy atom. The first-order valence-corrected chi connectivity index (χ1v) is 2.68. The van der Waals surface area contributed by atoms with E-state index in [1.165, 1.54) is 0 Å². The Hall–Kier alpha value is 0.704. The van der Waals surface area contributed by atoms with Crippen LogP contribution in [0.5, 0.6) is 0 Å². The Kier molecular flexibility index (Phi) is 10.8. The average Bonchev–Trinajstić information content (AvgIpc) is 0.722. The van der Waals surface area contributed by atoms with Crippen molar-refractivity contribution in [2.45, 2.75) is 0 Å². The Bertz CT molecular complexity index is 25.2. The molecule has 0 saturated carbocycles. The van der Waals surface area contributed by atoms with E-state index in [2.05, 4.69) is 0 Å². The number of hydrogen-bond donors (Lipinski definition) is 4. The van der Waals surface area contributed by atoms with Gasteiger partial charge in [0.1, 0.15) is 0 Å². The lowest BCUT2D eigenvalue weighted by Gasteiger charge is -1.91. The summed E-state index contributed by atoms with van der Waals surface area (Å²) in [6, 6.07) is 0. The maximum Gasteiger partial charge on any atom is 0.668 e. The van der Waals surface area contributed by atoms with Gasteiger partial charge in [-0.15, -0.1) is 0 Å². The third-order valence-electron chi connectivity index (χ3n) is 0. The van der Waals surface area contributed by atoms with Gasteiger partial charge < -0.3 is 19.2 Å². The normalized spacial score (nSPS) is 8.57. The second kappa shape index (κ2) is 4.85. The molecule has 0 amide bonds. The molecular formula is H11O4PSi2. The number of rotatable bonds is 0. The van der Waals surface area contributed by atoms with Gasteiger partial charge in [0, 0.05) is 0 Å². The summed E-state index contributed by atoms with van der Waals surface area (Å²) in [7, 11) is -4.61. The van der Waals surface area contributed by atoms with Crippen LogP contribution in [0, 0.1) is 0 Å². The van der Waals surface area contributed by atoms with Crippen molar-refractivity contribution < 1.29 is 19.2 Å². The van der Waals surface area contributed by atoms with Gasteiger partial charge in [-0.3, -0.25) is 0 Å². The van der Waals surface area contributed by atoms with Crippen LogP contribution in [0.25, 0.3) is 0 Å². The minimum Gasteiger partial charge on any atom is -0.368 e. The summed E-state index contributed by atoms with van der Waals surface area (Å²) < 4.78 is 0. The zero-order valence-electron chi connectivity index (χ0n) is 3.00. The van der Waals surface area contributed by atoms with E-state index in [1.807, 2.05) is 0 Å². The van der Waals surface area contributed by atoms with Crippen molar-refractivity contribution in [3.63, 3.8) is 0 Å². The molecule has 0 spiro atoms. The van der Waals surface area contributed by atoms with E-state index in [-0.39, 0.29) is 20.9 Å². The Balaban J connectivity index is -0.0000000800. The highest BCUT2D eigenvalue weighted by Crippen LogP contribution is 1.67. The molecule has 0 aliphatic carbocycles. The van der Waals surface area contributed by atoms with Crippen molar-refractivity contribution >= 4 is 29.9 Å². The molecule has 7 heavy (non-hydrogen) atoms. The Morgan fingerprint density at radius 2 is 0.857 bits per heavy atom. The van der Waals surface area contributed by atoms with E-state index in [9.17, 15) is 0 Å². The molecule has 0 saturated heterocycles. The molecule has 4 N–H and O–H groups in total. The summed E-state index contributed by atoms with van der Waals surface area (Å²) >= 11 is 0. The lowest BCUT2D eigenvalue weighted by atomic mass is 15.7. The van der Waals surface area contributed by atoms with Gasteiger partial charge in [0.2, 0.25) is 0 Å². The van der Waals surface area contributed by atoms with Crippen LogP contribution in [-0.4, -0.2) is 39.2 Å². The lowest BCUT2D eigenvalue weighted by Crippen LogP contribution is -2.33. The predicted molar refractivity (Wildman–Crippen MR) is 37.1 cm³/mol. The van der Waals surface area contributed by atoms with Gasteiger partial charge in [0.05, 0.1) is 0 Å². The van der Waals surface area contributed by atoms with Gasteiger partial charge >= 0.3 is 9.05 Å². The van der Waals surface area contributed by atoms with Gasteiger partial charge in [0.15, 0.2) is 0 Å². The highest BCUT2D eigenvalue weighted by molar-refractivity contribution is 6.92. The van der Waals surface area contributed by atoms with Crippen molar-refractivity contribution in [3.05, 3.63) is 0 Å². The third-order valence-corrected chi connectivity index (χ3v) is 0. The Morgan fingerprint density at radius 3 is 0.857 bits per heavy atom. The zero-order chi connectivity index (χ0) is 4.50. The second-order valence-corrected chi connectivity index (χ2v) is 1.80. The lowest BCUT2D eigenvalue weighted by molar-refractivity contribution is 0.117. The minimum atomic E-state index is -4.61. The van der Waals surface area contributed by atoms with Crippen LogP contribution in [0.1, 0.15) is 0 Å². The van der Waals surface area contributed by atoms with Gasteiger partial charge in [-0.2, -0.15) is 9.90 Å². The van der Waals surface area contributed by atoms with E-state index in [1.54, 1.807) is 0 Å². The maximum atomic E-state index is 7.33. The van der Waals surface area contributed by atoms with Crippen molar-refractivity contribution in [2.75, 3.05) is 0 Å². The van der Waals surface area contributed by atoms with Crippen LogP contribution in [0.15, 0.2) is 0 Å². The summed E-state index contributed by atoms with van der Waals surface area (Å²) in [4.78, 5) is 29.3. The molecule has 1 unspecified atom stereocenters. The fourth-order valence-corrected chi connectivity index (χ4v) is 0. The minimum absolute atomic E-state index is 0. The molecule has 0 aromatic rings. The first-order chi connectivity index (χ1) is 2.00. The molecule has 0 aliphatic heterocycles. The van der Waals surface area contributed by atoms with E-state index in [4.69, 9.17) is 19.2 Å². The zero-order valence-corrected chi connectivity index (χ0v) is 5.41. The highest BCUT2D eigenvalue weighted by Gasteiger charge is 2.22. The molecule has 0 fully saturated rings. The van der Waals surface area contributed by atoms with Crippen LogP contribution in [-0.2, 0) is 0 Å². The largest absolute Gasteiger partial charge is 0.668 e. The maximum absolute atomic E-state index is 7.33. The fourth-order valence-electron chi connectivity index (χ4n) is 0. The average molecular weight is 162 g/mol. The van der Waals surface area contributed by atoms with E-state index >= 15 is 0 Å². The van der Waals surface area contributed by atoms with Crippen LogP contribution >= 0.6 is 9.90 Å². The van der Waals surface area contributed by atoms with Crippen LogP contribution in [0.3, 0.4) is 0 Å². The molecule has 7 heteroatoms. The van der Waals surface area contributed by atoms with Gasteiger partial charge in [0.25, 0.3) is 0 Å². The summed E-state index contributed by atoms with van der Waals surface area (Å²) in [5, 5.41) is 0. The molecule has 0 aromatic heterocycles. The molecule has 0 aromatic carbocycles. The molecule has 0 aliphatic rings. The van der Waals surface area contributed by atoms with Gasteiger partial charge in [-0.25, -0.2) is 0 Å². The standard InChI is InChI=1S/H4O4Si.H3P.H4Si/c1-5(2,3)4;;/h1-4H;1H3;1H4. The molecule has 1 atom stereocenters. The van der Waals surface area contributed by atoms with Crippen molar-refractivity contribution in [1.29, 1.82) is 0 Å². The van der Waals surface area contributed by atoms with Crippen molar-refractivity contribution in [2.24, 2.45) is 0 Å². The molecule has 48 valence electrons. The molecule has 0 heterocycles. The summed E-state index contributed by atoms with van der Waals surface area (Å²) in [6.45, 7) is 0. The summed E-state index contributed by atoms with van der Waals surface area (Å²) in [6.07, 6.45) is 0. The molecule has 4 nitrogen and oxygen atoms in total. The first-order valence-electron chi connectivity index (χ1n) is 0.894. The summed E-state index contributed by atoms with van der Waals surface area (Å²) in [5.74, 6) is 0. The SMILES string of the molecule is O[Si](O)(O)O.P.[SiH4]. The monoisotopic (exact) mass is 162 g/mol. The number of hydrogen-bond acceptors (Lipinski definition) is 4. The highest BCUT2D eigenvalue weighted by atomic mass is 31.0. The van der Waals surface area contributed by atoms with E-state index in [0.717, 1.165) is 0 Å². The molecule has 0 rings (SSSR count). The second-order valence-electron chi connectivity index (χ2n) is 0.600. The predicted octanol–water partition coefficient (Wildman–Crippen LogP) is -4.00. The first kappa shape index (κ1) is 15.6. The topological polar surface area (TPSA) is 80.9 Å². The summed E-state index contributed by atoms with van der Waals surface area (Å²) in [5.41, 5.74) is 0. The van der Waals surface area contributed by atoms with Crippen molar-refractivity contribution in [3.8, 4) is 0 Å². The van der Waals surface area contributed by atoms with Gasteiger partial charge in [-0.05, 0) is 11.0 Å². The molecular weight excluding hydrogens is 151 g/mol. The van der Waals surface area contributed by atoms with E-state index in [0.29, 0.717) is 0 Å². The van der Waals surface area contributed by atoms with Crippen LogP contribution < -0.4 is 0 Å². The fraction of sp³-hybridized carbons (Fsp3) is 0. The molecule has 0 bridgehead atoms. The Labute approximate surface area is 49.9 Å².